The van der Waals surface area contributed by atoms with Crippen LogP contribution in [0.5, 0.6) is 0 Å². The van der Waals surface area contributed by atoms with Crippen molar-refractivity contribution in [3.8, 4) is 0 Å². The normalized spacial score (nSPS) is 10.7. The van der Waals surface area contributed by atoms with Crippen LogP contribution in [0.15, 0.2) is 5.18 Å². The molecule has 0 rings (SSSR count). The Morgan fingerprint density at radius 2 is 1.14 bits per heavy atom. The van der Waals surface area contributed by atoms with Gasteiger partial charge in [0.2, 0.25) is 0 Å². The van der Waals surface area contributed by atoms with Gasteiger partial charge in [-0.25, -0.2) is 0 Å². The highest BCUT2D eigenvalue weighted by Gasteiger charge is 1.94. The van der Waals surface area contributed by atoms with Crippen molar-refractivity contribution in [2.24, 2.45) is 5.18 Å². The fraction of sp³-hybridized carbons (Fsp3) is 0.941. The van der Waals surface area contributed by atoms with E-state index in [1.54, 1.807) is 0 Å². The molecule has 0 aromatic rings. The van der Waals surface area contributed by atoms with Gasteiger partial charge < -0.3 is 10.1 Å². The molecule has 0 aliphatic rings. The van der Waals surface area contributed by atoms with Crippen molar-refractivity contribution in [3.63, 3.8) is 0 Å². The molecule has 0 atom stereocenters. The summed E-state index contributed by atoms with van der Waals surface area (Å²) in [7, 11) is 0. The van der Waals surface area contributed by atoms with Gasteiger partial charge in [0, 0.05) is 6.42 Å². The lowest BCUT2D eigenvalue weighted by atomic mass is 10.1. The lowest BCUT2D eigenvalue weighted by Gasteiger charge is -2.04. The van der Waals surface area contributed by atoms with Crippen LogP contribution in [-0.2, 0) is 4.79 Å². The minimum Gasteiger partial charge on any atom is -0.317 e. The number of aldehydes is 1. The number of rotatable bonds is 18. The molecule has 4 nitrogen and oxygen atoms in total. The van der Waals surface area contributed by atoms with Crippen molar-refractivity contribution in [2.45, 2.75) is 83.5 Å². The summed E-state index contributed by atoms with van der Waals surface area (Å²) in [6.07, 6.45) is 16.9. The van der Waals surface area contributed by atoms with Gasteiger partial charge in [-0.05, 0) is 32.4 Å². The van der Waals surface area contributed by atoms with Crippen LogP contribution >= 0.6 is 0 Å². The van der Waals surface area contributed by atoms with Gasteiger partial charge in [0.05, 0.1) is 6.54 Å². The monoisotopic (exact) mass is 298 g/mol. The van der Waals surface area contributed by atoms with Crippen molar-refractivity contribution in [1.29, 1.82) is 0 Å². The fourth-order valence-corrected chi connectivity index (χ4v) is 2.46. The molecule has 1 N–H and O–H groups in total. The molecule has 0 fully saturated rings. The first-order valence-corrected chi connectivity index (χ1v) is 8.85. The first-order chi connectivity index (χ1) is 10.4. The minimum absolute atomic E-state index is 0.435. The maximum atomic E-state index is 10.1. The molecule has 0 aromatic heterocycles. The van der Waals surface area contributed by atoms with Crippen LogP contribution in [0.2, 0.25) is 0 Å². The summed E-state index contributed by atoms with van der Waals surface area (Å²) in [4.78, 5) is 20.0. The fourth-order valence-electron chi connectivity index (χ4n) is 2.46. The Bertz CT molecular complexity index is 201. The topological polar surface area (TPSA) is 58.5 Å². The van der Waals surface area contributed by atoms with E-state index in [1.807, 2.05) is 0 Å². The summed E-state index contributed by atoms with van der Waals surface area (Å²) in [6, 6.07) is 0. The zero-order valence-corrected chi connectivity index (χ0v) is 13.7. The van der Waals surface area contributed by atoms with Crippen LogP contribution in [0.25, 0.3) is 0 Å². The molecule has 0 heterocycles. The summed E-state index contributed by atoms with van der Waals surface area (Å²) in [5.74, 6) is 0. The number of nitroso groups, excluding NO2 is 1. The highest BCUT2D eigenvalue weighted by atomic mass is 16.3. The molecule has 0 saturated carbocycles. The van der Waals surface area contributed by atoms with E-state index in [2.05, 4.69) is 10.5 Å². The second-order valence-electron chi connectivity index (χ2n) is 5.80. The van der Waals surface area contributed by atoms with Crippen LogP contribution in [-0.4, -0.2) is 25.9 Å². The molecule has 0 aliphatic heterocycles. The second kappa shape index (κ2) is 19.2. The zero-order valence-electron chi connectivity index (χ0n) is 13.7. The van der Waals surface area contributed by atoms with E-state index in [4.69, 9.17) is 0 Å². The van der Waals surface area contributed by atoms with Crippen molar-refractivity contribution in [2.75, 3.05) is 19.6 Å². The summed E-state index contributed by atoms with van der Waals surface area (Å²) < 4.78 is 0. The molecule has 0 aliphatic carbocycles. The number of nitrogens with zero attached hydrogens (tertiary/aromatic N) is 1. The van der Waals surface area contributed by atoms with Crippen LogP contribution in [0.3, 0.4) is 0 Å². The molecule has 21 heavy (non-hydrogen) atoms. The Morgan fingerprint density at radius 3 is 1.67 bits per heavy atom. The van der Waals surface area contributed by atoms with Gasteiger partial charge in [0.25, 0.3) is 0 Å². The number of carbonyl (C=O) groups excluding carboxylic acids is 1. The highest BCUT2D eigenvalue weighted by molar-refractivity contribution is 5.48. The van der Waals surface area contributed by atoms with Gasteiger partial charge in [0.15, 0.2) is 0 Å². The van der Waals surface area contributed by atoms with Crippen molar-refractivity contribution < 1.29 is 4.79 Å². The lowest BCUT2D eigenvalue weighted by Crippen LogP contribution is -2.17. The summed E-state index contributed by atoms with van der Waals surface area (Å²) in [5, 5.41) is 6.18. The van der Waals surface area contributed by atoms with E-state index in [0.29, 0.717) is 6.54 Å². The third-order valence-electron chi connectivity index (χ3n) is 3.78. The van der Waals surface area contributed by atoms with Gasteiger partial charge >= 0.3 is 0 Å². The molecule has 4 heteroatoms. The van der Waals surface area contributed by atoms with E-state index in [1.165, 1.54) is 64.2 Å². The standard InChI is InChI=1S/C17H34N2O2/c20-17-12-10-8-6-4-2-1-3-5-7-9-11-14-18-15-13-16-19-21/h17-18H,1-16H2. The first kappa shape index (κ1) is 20.2. The van der Waals surface area contributed by atoms with Crippen LogP contribution in [0.1, 0.15) is 83.5 Å². The summed E-state index contributed by atoms with van der Waals surface area (Å²) in [6.45, 7) is 2.42. The molecule has 0 saturated heterocycles. The summed E-state index contributed by atoms with van der Waals surface area (Å²) >= 11 is 0. The number of unbranched alkanes of at least 4 members (excludes halogenated alkanes) is 11. The first-order valence-electron chi connectivity index (χ1n) is 8.85. The molecule has 0 spiro atoms. The Labute approximate surface area is 130 Å². The van der Waals surface area contributed by atoms with Crippen molar-refractivity contribution in [3.05, 3.63) is 4.91 Å². The van der Waals surface area contributed by atoms with Crippen molar-refractivity contribution >= 4 is 6.29 Å². The average molecular weight is 298 g/mol. The molecule has 0 bridgehead atoms. The minimum atomic E-state index is 0.435. The third kappa shape index (κ3) is 19.2. The average Bonchev–Trinajstić information content (AvgIpc) is 2.50. The maximum Gasteiger partial charge on any atom is 0.119 e. The van der Waals surface area contributed by atoms with Gasteiger partial charge in [-0.15, -0.1) is 0 Å². The SMILES string of the molecule is O=CCCCCCCCCCCCCCNCCCN=O. The molecule has 0 aromatic carbocycles. The molecule has 0 radical (unpaired) electrons. The Hall–Kier alpha value is -0.770. The van der Waals surface area contributed by atoms with E-state index in [0.717, 1.165) is 38.6 Å². The number of carbonyl (C=O) groups is 1. The molecular weight excluding hydrogens is 264 g/mol. The Balaban J connectivity index is 2.93. The van der Waals surface area contributed by atoms with Gasteiger partial charge in [0.1, 0.15) is 6.29 Å². The highest BCUT2D eigenvalue weighted by Crippen LogP contribution is 2.11. The van der Waals surface area contributed by atoms with E-state index < -0.39 is 0 Å². The van der Waals surface area contributed by atoms with Crippen LogP contribution in [0.4, 0.5) is 0 Å². The van der Waals surface area contributed by atoms with E-state index in [9.17, 15) is 9.70 Å². The predicted octanol–water partition coefficient (Wildman–Crippen LogP) is 4.61. The third-order valence-corrected chi connectivity index (χ3v) is 3.78. The number of nitrogens with one attached hydrogen (secondary N) is 1. The van der Waals surface area contributed by atoms with Crippen molar-refractivity contribution in [1.82, 2.24) is 5.32 Å². The van der Waals surface area contributed by atoms with Crippen LogP contribution < -0.4 is 5.32 Å². The van der Waals surface area contributed by atoms with Gasteiger partial charge in [-0.1, -0.05) is 63.0 Å². The quantitative estimate of drug-likeness (QED) is 0.228. The zero-order chi connectivity index (χ0) is 15.4. The molecule has 0 unspecified atom stereocenters. The Kier molecular flexibility index (Phi) is 18.5. The van der Waals surface area contributed by atoms with Gasteiger partial charge in [-0.2, -0.15) is 4.91 Å². The molecule has 124 valence electrons. The maximum absolute atomic E-state index is 10.1. The summed E-state index contributed by atoms with van der Waals surface area (Å²) in [5.41, 5.74) is 0. The predicted molar refractivity (Wildman–Crippen MR) is 89.6 cm³/mol. The number of hydrogen-bond acceptors (Lipinski definition) is 4. The molecular formula is C17H34N2O2. The lowest BCUT2D eigenvalue weighted by molar-refractivity contribution is -0.107. The molecule has 0 amide bonds. The smallest absolute Gasteiger partial charge is 0.119 e. The van der Waals surface area contributed by atoms with Crippen LogP contribution in [0, 0.1) is 4.91 Å². The second-order valence-corrected chi connectivity index (χ2v) is 5.80. The van der Waals surface area contributed by atoms with Gasteiger partial charge in [-0.3, -0.25) is 0 Å². The largest absolute Gasteiger partial charge is 0.317 e. The van der Waals surface area contributed by atoms with E-state index >= 15 is 0 Å². The Morgan fingerprint density at radius 1 is 0.667 bits per heavy atom. The van der Waals surface area contributed by atoms with E-state index in [-0.39, 0.29) is 0 Å². The number of hydrogen-bond donors (Lipinski definition) is 1.